The SMILES string of the molecule is CC(N)c1ncc(-c2ccc(C(O)C(CF)NC(=O)C(F)F)cc2)s1. The predicted molar refractivity (Wildman–Crippen MR) is 89.0 cm³/mol. The first-order valence-corrected chi connectivity index (χ1v) is 8.29. The number of aliphatic hydroxyl groups excluding tert-OH is 1. The number of thiazole rings is 1. The lowest BCUT2D eigenvalue weighted by Gasteiger charge is -2.21. The van der Waals surface area contributed by atoms with Crippen LogP contribution in [0, 0.1) is 0 Å². The zero-order chi connectivity index (χ0) is 18.6. The molecule has 1 aromatic heterocycles. The van der Waals surface area contributed by atoms with Crippen LogP contribution in [0.25, 0.3) is 10.4 Å². The molecular weight excluding hydrogens is 355 g/mol. The zero-order valence-corrected chi connectivity index (χ0v) is 14.1. The first-order valence-electron chi connectivity index (χ1n) is 7.47. The van der Waals surface area contributed by atoms with Gasteiger partial charge in [0, 0.05) is 6.20 Å². The van der Waals surface area contributed by atoms with Crippen molar-refractivity contribution in [2.75, 3.05) is 6.67 Å². The molecule has 9 heteroatoms. The van der Waals surface area contributed by atoms with Gasteiger partial charge < -0.3 is 16.2 Å². The molecule has 0 spiro atoms. The Morgan fingerprint density at radius 2 is 2.00 bits per heavy atom. The van der Waals surface area contributed by atoms with Gasteiger partial charge in [0.2, 0.25) is 0 Å². The van der Waals surface area contributed by atoms with E-state index in [-0.39, 0.29) is 6.04 Å². The van der Waals surface area contributed by atoms with Crippen LogP contribution in [0.3, 0.4) is 0 Å². The van der Waals surface area contributed by atoms with Crippen molar-refractivity contribution < 1.29 is 23.1 Å². The number of nitrogens with zero attached hydrogens (tertiary/aromatic N) is 1. The Labute approximate surface area is 146 Å². The van der Waals surface area contributed by atoms with Crippen molar-refractivity contribution in [2.45, 2.75) is 31.5 Å². The molecule has 5 nitrogen and oxygen atoms in total. The van der Waals surface area contributed by atoms with Crippen LogP contribution in [0.15, 0.2) is 30.5 Å². The number of nitrogens with one attached hydrogen (secondary N) is 1. The summed E-state index contributed by atoms with van der Waals surface area (Å²) in [5.41, 5.74) is 6.90. The molecule has 2 aromatic rings. The Morgan fingerprint density at radius 3 is 2.48 bits per heavy atom. The lowest BCUT2D eigenvalue weighted by molar-refractivity contribution is -0.133. The van der Waals surface area contributed by atoms with Gasteiger partial charge in [0.05, 0.1) is 17.0 Å². The molecule has 1 amide bonds. The van der Waals surface area contributed by atoms with E-state index in [9.17, 15) is 23.1 Å². The molecule has 3 unspecified atom stereocenters. The molecule has 0 bridgehead atoms. The van der Waals surface area contributed by atoms with Crippen LogP contribution in [-0.2, 0) is 4.79 Å². The van der Waals surface area contributed by atoms with Crippen molar-refractivity contribution in [3.63, 3.8) is 0 Å². The fraction of sp³-hybridized carbons (Fsp3) is 0.375. The molecule has 25 heavy (non-hydrogen) atoms. The number of halogens is 3. The summed E-state index contributed by atoms with van der Waals surface area (Å²) in [4.78, 5) is 16.1. The minimum absolute atomic E-state index is 0.177. The van der Waals surface area contributed by atoms with E-state index in [2.05, 4.69) is 4.98 Å². The van der Waals surface area contributed by atoms with E-state index >= 15 is 0 Å². The van der Waals surface area contributed by atoms with Gasteiger partial charge in [-0.2, -0.15) is 8.78 Å². The molecule has 3 atom stereocenters. The third-order valence-electron chi connectivity index (χ3n) is 3.52. The van der Waals surface area contributed by atoms with Crippen LogP contribution >= 0.6 is 11.3 Å². The highest BCUT2D eigenvalue weighted by Gasteiger charge is 2.26. The number of benzene rings is 1. The lowest BCUT2D eigenvalue weighted by atomic mass is 10.0. The van der Waals surface area contributed by atoms with Gasteiger partial charge in [0.1, 0.15) is 17.8 Å². The molecule has 4 N–H and O–H groups in total. The summed E-state index contributed by atoms with van der Waals surface area (Å²) in [5, 5.41) is 12.7. The molecule has 1 aromatic carbocycles. The second-order valence-corrected chi connectivity index (χ2v) is 6.55. The number of hydrogen-bond acceptors (Lipinski definition) is 5. The van der Waals surface area contributed by atoms with Crippen molar-refractivity contribution in [3.05, 3.63) is 41.0 Å². The quantitative estimate of drug-likeness (QED) is 0.696. The highest BCUT2D eigenvalue weighted by molar-refractivity contribution is 7.15. The van der Waals surface area contributed by atoms with Gasteiger partial charge in [0.15, 0.2) is 0 Å². The maximum Gasteiger partial charge on any atom is 0.315 e. The van der Waals surface area contributed by atoms with E-state index in [1.165, 1.54) is 11.3 Å². The van der Waals surface area contributed by atoms with Crippen LogP contribution in [0.5, 0.6) is 0 Å². The minimum Gasteiger partial charge on any atom is -0.386 e. The van der Waals surface area contributed by atoms with Gasteiger partial charge >= 0.3 is 6.43 Å². The Morgan fingerprint density at radius 1 is 1.36 bits per heavy atom. The Hall–Kier alpha value is -1.97. The summed E-state index contributed by atoms with van der Waals surface area (Å²) < 4.78 is 37.5. The smallest absolute Gasteiger partial charge is 0.315 e. The maximum absolute atomic E-state index is 13.0. The summed E-state index contributed by atoms with van der Waals surface area (Å²) in [6.07, 6.45) is -3.03. The van der Waals surface area contributed by atoms with Crippen molar-refractivity contribution in [1.82, 2.24) is 10.3 Å². The molecule has 136 valence electrons. The first-order chi connectivity index (χ1) is 11.8. The molecule has 0 saturated heterocycles. The Balaban J connectivity index is 2.13. The lowest BCUT2D eigenvalue weighted by Crippen LogP contribution is -2.43. The van der Waals surface area contributed by atoms with Crippen molar-refractivity contribution >= 4 is 17.2 Å². The standard InChI is InChI=1S/C16H18F3N3O2S/c1-8(20)16-21-7-12(25-16)9-2-4-10(5-3-9)13(23)11(6-17)22-15(24)14(18)19/h2-5,7-8,11,13-14,23H,6,20H2,1H3,(H,22,24). The molecule has 0 saturated carbocycles. The largest absolute Gasteiger partial charge is 0.386 e. The van der Waals surface area contributed by atoms with Gasteiger partial charge in [-0.1, -0.05) is 24.3 Å². The Bertz CT molecular complexity index is 707. The number of rotatable bonds is 7. The normalized spacial score (nSPS) is 15.0. The molecule has 0 aliphatic carbocycles. The van der Waals surface area contributed by atoms with Crippen molar-refractivity contribution in [3.8, 4) is 10.4 Å². The van der Waals surface area contributed by atoms with E-state index in [4.69, 9.17) is 5.73 Å². The van der Waals surface area contributed by atoms with Crippen LogP contribution in [0.1, 0.15) is 29.6 Å². The van der Waals surface area contributed by atoms with Crippen LogP contribution in [0.4, 0.5) is 13.2 Å². The molecule has 0 radical (unpaired) electrons. The van der Waals surface area contributed by atoms with Crippen LogP contribution in [-0.4, -0.2) is 35.1 Å². The van der Waals surface area contributed by atoms with Gasteiger partial charge in [-0.3, -0.25) is 4.79 Å². The topological polar surface area (TPSA) is 88.2 Å². The molecule has 0 fully saturated rings. The highest BCUT2D eigenvalue weighted by atomic mass is 32.1. The van der Waals surface area contributed by atoms with Gasteiger partial charge in [-0.25, -0.2) is 9.37 Å². The third kappa shape index (κ3) is 4.77. The average molecular weight is 373 g/mol. The number of nitrogens with two attached hydrogens (primary N) is 1. The summed E-state index contributed by atoms with van der Waals surface area (Å²) in [5.74, 6) is -1.62. The van der Waals surface area contributed by atoms with Gasteiger partial charge in [-0.15, -0.1) is 11.3 Å². The first kappa shape index (κ1) is 19.4. The predicted octanol–water partition coefficient (Wildman–Crippen LogP) is 2.58. The number of hydrogen-bond donors (Lipinski definition) is 3. The van der Waals surface area contributed by atoms with E-state index in [1.54, 1.807) is 35.8 Å². The van der Waals surface area contributed by atoms with Crippen LogP contribution in [0.2, 0.25) is 0 Å². The Kier molecular flexibility index (Phi) is 6.51. The molecule has 2 rings (SSSR count). The second kappa shape index (κ2) is 8.41. The van der Waals surface area contributed by atoms with E-state index in [0.29, 0.717) is 5.56 Å². The fourth-order valence-corrected chi connectivity index (χ4v) is 3.03. The number of carbonyl (C=O) groups is 1. The van der Waals surface area contributed by atoms with Crippen LogP contribution < -0.4 is 11.1 Å². The minimum atomic E-state index is -3.27. The number of aliphatic hydroxyl groups is 1. The van der Waals surface area contributed by atoms with E-state index in [0.717, 1.165) is 15.4 Å². The van der Waals surface area contributed by atoms with Crippen molar-refractivity contribution in [2.24, 2.45) is 5.73 Å². The molecule has 1 heterocycles. The second-order valence-electron chi connectivity index (χ2n) is 5.49. The summed E-state index contributed by atoms with van der Waals surface area (Å²) in [6, 6.07) is 4.86. The summed E-state index contributed by atoms with van der Waals surface area (Å²) in [6.45, 7) is 0.654. The van der Waals surface area contributed by atoms with E-state index in [1.807, 2.05) is 6.92 Å². The zero-order valence-electron chi connectivity index (χ0n) is 13.3. The number of aromatic nitrogens is 1. The number of carbonyl (C=O) groups excluding carboxylic acids is 1. The average Bonchev–Trinajstić information content (AvgIpc) is 3.09. The van der Waals surface area contributed by atoms with Gasteiger partial charge in [0.25, 0.3) is 5.91 Å². The number of amides is 1. The van der Waals surface area contributed by atoms with E-state index < -0.39 is 31.2 Å². The number of alkyl halides is 3. The van der Waals surface area contributed by atoms with Gasteiger partial charge in [-0.05, 0) is 18.1 Å². The molecule has 0 aliphatic heterocycles. The monoisotopic (exact) mass is 373 g/mol. The third-order valence-corrected chi connectivity index (χ3v) is 4.77. The van der Waals surface area contributed by atoms with Crippen molar-refractivity contribution in [1.29, 1.82) is 0 Å². The highest BCUT2D eigenvalue weighted by Crippen LogP contribution is 2.29. The fourth-order valence-electron chi connectivity index (χ4n) is 2.16. The summed E-state index contributed by atoms with van der Waals surface area (Å²) >= 11 is 1.43. The summed E-state index contributed by atoms with van der Waals surface area (Å²) in [7, 11) is 0. The molecular formula is C16H18F3N3O2S. The molecule has 0 aliphatic rings. The maximum atomic E-state index is 13.0.